The average Bonchev–Trinajstić information content (AvgIpc) is 3.59. The molecule has 42 heavy (non-hydrogen) atoms. The molecular formula is C30H27ClN4O6S. The van der Waals surface area contributed by atoms with E-state index >= 15 is 0 Å². The van der Waals surface area contributed by atoms with Gasteiger partial charge in [-0.3, -0.25) is 9.59 Å². The number of fused-ring (bicyclic) bond motifs is 1. The number of aromatic amines is 1. The fourth-order valence-electron chi connectivity index (χ4n) is 5.78. The minimum absolute atomic E-state index is 0.0684. The van der Waals surface area contributed by atoms with Crippen molar-refractivity contribution < 1.29 is 27.9 Å². The minimum atomic E-state index is -3.48. The number of aliphatic carboxylic acids is 1. The molecule has 0 spiro atoms. The van der Waals surface area contributed by atoms with Gasteiger partial charge in [0.2, 0.25) is 0 Å². The van der Waals surface area contributed by atoms with Gasteiger partial charge in [0.05, 0.1) is 22.2 Å². The molecule has 12 heteroatoms. The minimum Gasteiger partial charge on any atom is -0.480 e. The number of benzene rings is 3. The number of hydrogen-bond donors (Lipinski definition) is 3. The Morgan fingerprint density at radius 2 is 1.93 bits per heavy atom. The SMILES string of the molecule is CS(=O)(=O)c1cccc(CC(NC(=O)c2c(Cl)cc3c4c2CCN4CN(C(=O)c2ccc4cc[nH]c4c2)C3)C(=O)O)c1. The van der Waals surface area contributed by atoms with Crippen molar-refractivity contribution in [2.24, 2.45) is 0 Å². The maximum atomic E-state index is 13.5. The number of H-pyrrole nitrogens is 1. The molecule has 3 heterocycles. The van der Waals surface area contributed by atoms with Crippen molar-refractivity contribution in [3.63, 3.8) is 0 Å². The van der Waals surface area contributed by atoms with E-state index in [-0.39, 0.29) is 27.8 Å². The van der Waals surface area contributed by atoms with Gasteiger partial charge in [0, 0.05) is 48.7 Å². The number of carboxylic acids is 1. The normalized spacial score (nSPS) is 15.0. The van der Waals surface area contributed by atoms with Crippen molar-refractivity contribution in [2.45, 2.75) is 30.3 Å². The van der Waals surface area contributed by atoms with E-state index in [1.807, 2.05) is 29.3 Å². The lowest BCUT2D eigenvalue weighted by molar-refractivity contribution is -0.139. The Morgan fingerprint density at radius 1 is 1.12 bits per heavy atom. The second-order valence-electron chi connectivity index (χ2n) is 10.6. The highest BCUT2D eigenvalue weighted by atomic mass is 35.5. The second-order valence-corrected chi connectivity index (χ2v) is 13.1. The van der Waals surface area contributed by atoms with Crippen LogP contribution in [0.3, 0.4) is 0 Å². The summed E-state index contributed by atoms with van der Waals surface area (Å²) >= 11 is 6.65. The zero-order valence-electron chi connectivity index (χ0n) is 22.6. The number of rotatable bonds is 7. The molecule has 2 aliphatic rings. The van der Waals surface area contributed by atoms with E-state index in [0.29, 0.717) is 37.3 Å². The average molecular weight is 607 g/mol. The van der Waals surface area contributed by atoms with Crippen LogP contribution in [0.4, 0.5) is 5.69 Å². The summed E-state index contributed by atoms with van der Waals surface area (Å²) in [5.41, 5.74) is 4.50. The van der Waals surface area contributed by atoms with E-state index in [9.17, 15) is 27.9 Å². The molecule has 0 saturated carbocycles. The maximum absolute atomic E-state index is 13.5. The number of nitrogens with zero attached hydrogens (tertiary/aromatic N) is 2. The van der Waals surface area contributed by atoms with E-state index in [4.69, 9.17) is 11.6 Å². The summed E-state index contributed by atoms with van der Waals surface area (Å²) in [6.07, 6.45) is 3.30. The quantitative estimate of drug-likeness (QED) is 0.292. The first-order valence-electron chi connectivity index (χ1n) is 13.3. The Bertz CT molecular complexity index is 1890. The van der Waals surface area contributed by atoms with Crippen molar-refractivity contribution >= 4 is 55.8 Å². The van der Waals surface area contributed by atoms with Gasteiger partial charge in [0.25, 0.3) is 11.8 Å². The number of aromatic nitrogens is 1. The van der Waals surface area contributed by atoms with Crippen LogP contribution in [0.5, 0.6) is 0 Å². The number of carbonyl (C=O) groups excluding carboxylic acids is 2. The number of sulfone groups is 1. The predicted molar refractivity (Wildman–Crippen MR) is 158 cm³/mol. The van der Waals surface area contributed by atoms with Gasteiger partial charge in [-0.1, -0.05) is 29.8 Å². The molecule has 1 aromatic heterocycles. The maximum Gasteiger partial charge on any atom is 0.326 e. The summed E-state index contributed by atoms with van der Waals surface area (Å²) in [6, 6.07) is 13.8. The molecule has 3 N–H and O–H groups in total. The van der Waals surface area contributed by atoms with Crippen LogP contribution >= 0.6 is 11.6 Å². The molecule has 0 aliphatic carbocycles. The summed E-state index contributed by atoms with van der Waals surface area (Å²) in [5, 5.41) is 13.6. The van der Waals surface area contributed by atoms with E-state index in [2.05, 4.69) is 10.3 Å². The van der Waals surface area contributed by atoms with Crippen LogP contribution in [-0.4, -0.2) is 66.7 Å². The van der Waals surface area contributed by atoms with Crippen LogP contribution in [-0.2, 0) is 34.0 Å². The Morgan fingerprint density at radius 3 is 2.69 bits per heavy atom. The molecule has 10 nitrogen and oxygen atoms in total. The van der Waals surface area contributed by atoms with Crippen LogP contribution < -0.4 is 10.2 Å². The smallest absolute Gasteiger partial charge is 0.326 e. The van der Waals surface area contributed by atoms with Gasteiger partial charge in [-0.25, -0.2) is 13.2 Å². The summed E-state index contributed by atoms with van der Waals surface area (Å²) < 4.78 is 23.9. The van der Waals surface area contributed by atoms with Crippen molar-refractivity contribution in [3.05, 3.63) is 93.6 Å². The van der Waals surface area contributed by atoms with E-state index in [1.165, 1.54) is 18.2 Å². The summed E-state index contributed by atoms with van der Waals surface area (Å²) in [4.78, 5) is 46.0. The molecule has 216 valence electrons. The number of carboxylic acid groups (broad SMARTS) is 1. The third-order valence-electron chi connectivity index (χ3n) is 7.77. The Kier molecular flexibility index (Phi) is 6.94. The molecule has 1 unspecified atom stereocenters. The number of hydrogen-bond acceptors (Lipinski definition) is 6. The highest BCUT2D eigenvalue weighted by Crippen LogP contribution is 2.41. The van der Waals surface area contributed by atoms with Crippen LogP contribution in [0.15, 0.2) is 65.7 Å². The number of halogens is 1. The first kappa shape index (κ1) is 27.8. The van der Waals surface area contributed by atoms with Crippen molar-refractivity contribution in [1.29, 1.82) is 0 Å². The number of nitrogens with one attached hydrogen (secondary N) is 2. The molecule has 2 amide bonds. The molecule has 0 radical (unpaired) electrons. The zero-order valence-corrected chi connectivity index (χ0v) is 24.1. The monoisotopic (exact) mass is 606 g/mol. The van der Waals surface area contributed by atoms with Crippen LogP contribution in [0.1, 0.15) is 37.4 Å². The number of carbonyl (C=O) groups is 3. The van der Waals surface area contributed by atoms with Crippen LogP contribution in [0.2, 0.25) is 5.02 Å². The van der Waals surface area contributed by atoms with Gasteiger partial charge in [0.15, 0.2) is 9.84 Å². The standard InChI is InChI=1S/C30H27ClN4O6S/c1-42(40,41)21-4-2-3-17(11-21)12-25(30(38)39)33-28(36)26-22-8-10-34-16-35(15-20(27(22)34)13-23(26)31)29(37)19-6-5-18-7-9-32-24(18)14-19/h2-7,9,11,13-14,25,32H,8,10,12,15-16H2,1H3,(H,33,36)(H,38,39). The largest absolute Gasteiger partial charge is 0.480 e. The van der Waals surface area contributed by atoms with Gasteiger partial charge in [-0.2, -0.15) is 0 Å². The van der Waals surface area contributed by atoms with Crippen molar-refractivity contribution in [3.8, 4) is 0 Å². The lowest BCUT2D eigenvalue weighted by Gasteiger charge is -2.36. The fraction of sp³-hybridized carbons (Fsp3) is 0.233. The molecule has 3 aromatic carbocycles. The van der Waals surface area contributed by atoms with Crippen molar-refractivity contribution in [2.75, 3.05) is 24.4 Å². The van der Waals surface area contributed by atoms with E-state index in [0.717, 1.165) is 34.0 Å². The van der Waals surface area contributed by atoms with Gasteiger partial charge in [-0.15, -0.1) is 0 Å². The van der Waals surface area contributed by atoms with E-state index in [1.54, 1.807) is 23.1 Å². The first-order valence-corrected chi connectivity index (χ1v) is 15.5. The lowest BCUT2D eigenvalue weighted by Crippen LogP contribution is -2.44. The Hall–Kier alpha value is -4.35. The van der Waals surface area contributed by atoms with Gasteiger partial charge in [-0.05, 0) is 64.9 Å². The third-order valence-corrected chi connectivity index (χ3v) is 9.18. The van der Waals surface area contributed by atoms with Crippen LogP contribution in [0, 0.1) is 0 Å². The molecule has 0 saturated heterocycles. The van der Waals surface area contributed by atoms with E-state index < -0.39 is 27.8 Å². The third kappa shape index (κ3) is 5.10. The molecule has 0 fully saturated rings. The number of anilines is 1. The fourth-order valence-corrected chi connectivity index (χ4v) is 6.81. The zero-order chi connectivity index (χ0) is 29.8. The van der Waals surface area contributed by atoms with Crippen molar-refractivity contribution in [1.82, 2.24) is 15.2 Å². The number of amides is 2. The molecule has 2 aliphatic heterocycles. The molecule has 1 atom stereocenters. The summed E-state index contributed by atoms with van der Waals surface area (Å²) in [7, 11) is -3.48. The summed E-state index contributed by atoms with van der Waals surface area (Å²) in [5.74, 6) is -2.00. The summed E-state index contributed by atoms with van der Waals surface area (Å²) in [6.45, 7) is 1.23. The van der Waals surface area contributed by atoms with Gasteiger partial charge >= 0.3 is 5.97 Å². The Balaban J connectivity index is 1.24. The van der Waals surface area contributed by atoms with Gasteiger partial charge in [0.1, 0.15) is 6.04 Å². The Labute approximate surface area is 246 Å². The molecule has 4 aromatic rings. The highest BCUT2D eigenvalue weighted by molar-refractivity contribution is 7.90. The predicted octanol–water partition coefficient (Wildman–Crippen LogP) is 3.63. The van der Waals surface area contributed by atoms with Gasteiger partial charge < -0.3 is 25.2 Å². The topological polar surface area (TPSA) is 140 Å². The second kappa shape index (κ2) is 10.5. The lowest BCUT2D eigenvalue weighted by atomic mass is 9.97. The molecular weight excluding hydrogens is 580 g/mol. The highest BCUT2D eigenvalue weighted by Gasteiger charge is 2.36. The molecule has 0 bridgehead atoms. The van der Waals surface area contributed by atoms with Crippen LogP contribution in [0.25, 0.3) is 10.9 Å². The first-order chi connectivity index (χ1) is 20.0. The molecule has 6 rings (SSSR count).